The third-order valence-corrected chi connectivity index (χ3v) is 3.25. The van der Waals surface area contributed by atoms with Gasteiger partial charge in [0.05, 0.1) is 13.2 Å². The van der Waals surface area contributed by atoms with Crippen LogP contribution in [0.2, 0.25) is 0 Å². The molecule has 1 atom stereocenters. The van der Waals surface area contributed by atoms with Crippen LogP contribution in [0.15, 0.2) is 0 Å². The van der Waals surface area contributed by atoms with Gasteiger partial charge in [0.1, 0.15) is 5.92 Å². The molecule has 1 unspecified atom stereocenters. The normalized spacial score (nSPS) is 16.6. The van der Waals surface area contributed by atoms with Crippen LogP contribution in [0.5, 0.6) is 0 Å². The second kappa shape index (κ2) is 7.62. The van der Waals surface area contributed by atoms with Crippen LogP contribution in [0.4, 0.5) is 0 Å². The van der Waals surface area contributed by atoms with Crippen LogP contribution >= 0.6 is 0 Å². The summed E-state index contributed by atoms with van der Waals surface area (Å²) in [4.78, 5) is 24.1. The third-order valence-electron chi connectivity index (χ3n) is 3.25. The highest BCUT2D eigenvalue weighted by Gasteiger charge is 2.38. The van der Waals surface area contributed by atoms with Gasteiger partial charge in [0, 0.05) is 13.2 Å². The monoisotopic (exact) mass is 285 g/mol. The minimum atomic E-state index is -0.786. The molecule has 1 rings (SSSR count). The van der Waals surface area contributed by atoms with E-state index in [4.69, 9.17) is 9.47 Å². The number of carbonyl (C=O) groups excluding carboxylic acids is 2. The zero-order valence-corrected chi connectivity index (χ0v) is 13.0. The number of carbonyl (C=O) groups is 2. The van der Waals surface area contributed by atoms with E-state index in [-0.39, 0.29) is 12.5 Å². The van der Waals surface area contributed by atoms with Gasteiger partial charge in [-0.1, -0.05) is 20.8 Å². The van der Waals surface area contributed by atoms with Gasteiger partial charge in [0.15, 0.2) is 0 Å². The summed E-state index contributed by atoms with van der Waals surface area (Å²) in [6.07, 6.45) is 2.50. The van der Waals surface area contributed by atoms with E-state index in [2.05, 4.69) is 5.32 Å². The second-order valence-electron chi connectivity index (χ2n) is 6.36. The Kier molecular flexibility index (Phi) is 6.46. The largest absolute Gasteiger partial charge is 0.465 e. The fourth-order valence-corrected chi connectivity index (χ4v) is 1.96. The minimum Gasteiger partial charge on any atom is -0.465 e. The maximum absolute atomic E-state index is 12.1. The van der Waals surface area contributed by atoms with Crippen LogP contribution in [-0.4, -0.2) is 38.2 Å². The Labute approximate surface area is 121 Å². The molecule has 5 nitrogen and oxygen atoms in total. The summed E-state index contributed by atoms with van der Waals surface area (Å²) in [6.45, 7) is 9.29. The minimum absolute atomic E-state index is 0.281. The summed E-state index contributed by atoms with van der Waals surface area (Å²) >= 11 is 0. The molecule has 1 aliphatic carbocycles. The first-order valence-corrected chi connectivity index (χ1v) is 7.38. The van der Waals surface area contributed by atoms with Crippen LogP contribution in [0, 0.1) is 17.3 Å². The fourth-order valence-electron chi connectivity index (χ4n) is 1.96. The molecule has 0 heterocycles. The molecule has 0 aromatic rings. The second-order valence-corrected chi connectivity index (χ2v) is 6.36. The number of hydrogen-bond acceptors (Lipinski definition) is 4. The third kappa shape index (κ3) is 5.90. The van der Waals surface area contributed by atoms with Gasteiger partial charge < -0.3 is 14.8 Å². The lowest BCUT2D eigenvalue weighted by Gasteiger charge is -2.27. The molecule has 0 spiro atoms. The predicted octanol–water partition coefficient (Wildman–Crippen LogP) is 1.75. The first kappa shape index (κ1) is 17.0. The molecule has 0 saturated heterocycles. The topological polar surface area (TPSA) is 64.6 Å². The summed E-state index contributed by atoms with van der Waals surface area (Å²) in [5.41, 5.74) is -0.467. The van der Waals surface area contributed by atoms with Crippen LogP contribution in [-0.2, 0) is 19.1 Å². The highest BCUT2D eigenvalue weighted by atomic mass is 16.5. The number of nitrogens with one attached hydrogen (secondary N) is 1. The van der Waals surface area contributed by atoms with Gasteiger partial charge in [0.25, 0.3) is 0 Å². The van der Waals surface area contributed by atoms with E-state index in [0.29, 0.717) is 19.1 Å². The Hall–Kier alpha value is -1.10. The van der Waals surface area contributed by atoms with E-state index >= 15 is 0 Å². The molecular weight excluding hydrogens is 258 g/mol. The molecule has 1 aliphatic rings. The first-order chi connectivity index (χ1) is 9.36. The van der Waals surface area contributed by atoms with Crippen molar-refractivity contribution in [3.05, 3.63) is 0 Å². The zero-order valence-electron chi connectivity index (χ0n) is 13.0. The molecule has 116 valence electrons. The number of hydrogen-bond donors (Lipinski definition) is 1. The van der Waals surface area contributed by atoms with Gasteiger partial charge in [-0.15, -0.1) is 0 Å². The standard InChI is InChI=1S/C15H27NO4/c1-5-20-14(18)12(15(2,3)4)13(17)16-8-9-19-10-11-6-7-11/h11-12H,5-10H2,1-4H3,(H,16,17). The van der Waals surface area contributed by atoms with Crippen molar-refractivity contribution < 1.29 is 19.1 Å². The van der Waals surface area contributed by atoms with Crippen molar-refractivity contribution >= 4 is 11.9 Å². The fraction of sp³-hybridized carbons (Fsp3) is 0.867. The molecule has 0 aromatic heterocycles. The molecular formula is C15H27NO4. The Morgan fingerprint density at radius 1 is 1.30 bits per heavy atom. The highest BCUT2D eigenvalue weighted by molar-refractivity contribution is 5.98. The van der Waals surface area contributed by atoms with Crippen molar-refractivity contribution in [2.75, 3.05) is 26.4 Å². The Morgan fingerprint density at radius 3 is 2.45 bits per heavy atom. The maximum atomic E-state index is 12.1. The SMILES string of the molecule is CCOC(=O)C(C(=O)NCCOCC1CC1)C(C)(C)C. The van der Waals surface area contributed by atoms with Crippen LogP contribution < -0.4 is 5.32 Å². The van der Waals surface area contributed by atoms with E-state index in [1.807, 2.05) is 20.8 Å². The number of ether oxygens (including phenoxy) is 2. The summed E-state index contributed by atoms with van der Waals surface area (Å²) in [5, 5.41) is 2.76. The molecule has 1 amide bonds. The number of amides is 1. The van der Waals surface area contributed by atoms with Crippen molar-refractivity contribution in [2.45, 2.75) is 40.5 Å². The van der Waals surface area contributed by atoms with Crippen molar-refractivity contribution in [3.8, 4) is 0 Å². The quantitative estimate of drug-likeness (QED) is 0.419. The molecule has 0 radical (unpaired) electrons. The van der Waals surface area contributed by atoms with E-state index < -0.39 is 17.3 Å². The van der Waals surface area contributed by atoms with E-state index in [1.54, 1.807) is 6.92 Å². The van der Waals surface area contributed by atoms with E-state index in [0.717, 1.165) is 6.61 Å². The van der Waals surface area contributed by atoms with Crippen LogP contribution in [0.3, 0.4) is 0 Å². The molecule has 0 aliphatic heterocycles. The van der Waals surface area contributed by atoms with Crippen LogP contribution in [0.25, 0.3) is 0 Å². The molecule has 1 saturated carbocycles. The lowest BCUT2D eigenvalue weighted by molar-refractivity contribution is -0.156. The predicted molar refractivity (Wildman–Crippen MR) is 76.1 cm³/mol. The molecule has 0 bridgehead atoms. The summed E-state index contributed by atoms with van der Waals surface area (Å²) in [7, 11) is 0. The van der Waals surface area contributed by atoms with Gasteiger partial charge in [0.2, 0.25) is 5.91 Å². The first-order valence-electron chi connectivity index (χ1n) is 7.38. The van der Waals surface area contributed by atoms with E-state index in [9.17, 15) is 9.59 Å². The average molecular weight is 285 g/mol. The average Bonchev–Trinajstić information content (AvgIpc) is 3.11. The summed E-state index contributed by atoms with van der Waals surface area (Å²) in [5.74, 6) is -0.819. The summed E-state index contributed by atoms with van der Waals surface area (Å²) < 4.78 is 10.4. The van der Waals surface area contributed by atoms with Crippen molar-refractivity contribution in [2.24, 2.45) is 17.3 Å². The number of esters is 1. The Balaban J connectivity index is 2.35. The Bertz CT molecular complexity index is 331. The Morgan fingerprint density at radius 2 is 1.95 bits per heavy atom. The zero-order chi connectivity index (χ0) is 15.2. The lowest BCUT2D eigenvalue weighted by atomic mass is 9.80. The van der Waals surface area contributed by atoms with Crippen molar-refractivity contribution in [1.82, 2.24) is 5.32 Å². The highest BCUT2D eigenvalue weighted by Crippen LogP contribution is 2.29. The molecule has 1 N–H and O–H groups in total. The number of rotatable bonds is 8. The molecule has 20 heavy (non-hydrogen) atoms. The van der Waals surface area contributed by atoms with Gasteiger partial charge in [-0.25, -0.2) is 0 Å². The van der Waals surface area contributed by atoms with E-state index in [1.165, 1.54) is 12.8 Å². The molecule has 5 heteroatoms. The van der Waals surface area contributed by atoms with Gasteiger partial charge in [-0.05, 0) is 31.1 Å². The molecule has 1 fully saturated rings. The van der Waals surface area contributed by atoms with Gasteiger partial charge in [-0.3, -0.25) is 9.59 Å². The molecule has 0 aromatic carbocycles. The van der Waals surface area contributed by atoms with Crippen molar-refractivity contribution in [3.63, 3.8) is 0 Å². The summed E-state index contributed by atoms with van der Waals surface area (Å²) in [6, 6.07) is 0. The van der Waals surface area contributed by atoms with Gasteiger partial charge >= 0.3 is 5.97 Å². The lowest BCUT2D eigenvalue weighted by Crippen LogP contribution is -2.44. The van der Waals surface area contributed by atoms with Crippen molar-refractivity contribution in [1.29, 1.82) is 0 Å². The van der Waals surface area contributed by atoms with Crippen LogP contribution in [0.1, 0.15) is 40.5 Å². The van der Waals surface area contributed by atoms with Gasteiger partial charge in [-0.2, -0.15) is 0 Å². The smallest absolute Gasteiger partial charge is 0.319 e. The maximum Gasteiger partial charge on any atom is 0.319 e.